The van der Waals surface area contributed by atoms with E-state index in [0.29, 0.717) is 6.67 Å². The molecular weight excluding hydrogens is 378 g/mol. The third-order valence-electron chi connectivity index (χ3n) is 4.62. The number of imidazole rings is 1. The Kier molecular flexibility index (Phi) is 4.56. The Morgan fingerprint density at radius 1 is 0.963 bits per heavy atom. The standard InChI is InChI=1S/C21H15N3OS.ClH/c25-21(19-11-6-12-26-19)24-14-23-18(16-9-4-5-10-17(16)24)13-22-20(23)15-7-2-1-3-8-15;/h1-13H,14H2;1H. The number of halogens is 1. The molecule has 2 aromatic heterocycles. The number of rotatable bonds is 2. The van der Waals surface area contributed by atoms with E-state index < -0.39 is 0 Å². The van der Waals surface area contributed by atoms with Crippen molar-refractivity contribution < 1.29 is 4.79 Å². The molecule has 134 valence electrons. The number of para-hydroxylation sites is 1. The number of fused-ring (bicyclic) bond motifs is 3. The summed E-state index contributed by atoms with van der Waals surface area (Å²) < 4.78 is 2.11. The Hall–Kier alpha value is -2.89. The number of nitrogens with zero attached hydrogens (tertiary/aromatic N) is 3. The molecule has 0 saturated heterocycles. The highest BCUT2D eigenvalue weighted by molar-refractivity contribution is 7.12. The summed E-state index contributed by atoms with van der Waals surface area (Å²) in [6, 6.07) is 21.9. The molecule has 5 rings (SSSR count). The fourth-order valence-corrected chi connectivity index (χ4v) is 4.07. The van der Waals surface area contributed by atoms with Gasteiger partial charge in [0, 0.05) is 11.1 Å². The van der Waals surface area contributed by atoms with Crippen molar-refractivity contribution in [3.05, 3.63) is 83.2 Å². The first-order chi connectivity index (χ1) is 12.8. The molecule has 1 aliphatic heterocycles. The van der Waals surface area contributed by atoms with Crippen LogP contribution in [0.25, 0.3) is 22.6 Å². The van der Waals surface area contributed by atoms with Crippen LogP contribution >= 0.6 is 23.7 Å². The molecule has 4 aromatic rings. The van der Waals surface area contributed by atoms with Crippen molar-refractivity contribution in [3.63, 3.8) is 0 Å². The van der Waals surface area contributed by atoms with Crippen molar-refractivity contribution in [1.29, 1.82) is 0 Å². The van der Waals surface area contributed by atoms with E-state index >= 15 is 0 Å². The summed E-state index contributed by atoms with van der Waals surface area (Å²) in [7, 11) is 0. The van der Waals surface area contributed by atoms with E-state index in [9.17, 15) is 4.79 Å². The van der Waals surface area contributed by atoms with Gasteiger partial charge in [0.15, 0.2) is 0 Å². The number of anilines is 1. The molecule has 0 unspecified atom stereocenters. The quantitative estimate of drug-likeness (QED) is 0.462. The molecule has 0 bridgehead atoms. The number of thiophene rings is 1. The van der Waals surface area contributed by atoms with Crippen LogP contribution in [0.1, 0.15) is 9.67 Å². The number of carbonyl (C=O) groups is 1. The van der Waals surface area contributed by atoms with Gasteiger partial charge in [-0.15, -0.1) is 23.7 Å². The van der Waals surface area contributed by atoms with E-state index in [1.165, 1.54) is 11.3 Å². The molecule has 0 spiro atoms. The lowest BCUT2D eigenvalue weighted by Gasteiger charge is -2.31. The second kappa shape index (κ2) is 7.02. The van der Waals surface area contributed by atoms with Crippen LogP contribution in [-0.4, -0.2) is 15.5 Å². The first-order valence-corrected chi connectivity index (χ1v) is 9.26. The number of aromatic nitrogens is 2. The third kappa shape index (κ3) is 2.85. The minimum atomic E-state index is 0. The third-order valence-corrected chi connectivity index (χ3v) is 5.48. The minimum Gasteiger partial charge on any atom is -0.305 e. The van der Waals surface area contributed by atoms with Crippen molar-refractivity contribution in [2.75, 3.05) is 4.90 Å². The summed E-state index contributed by atoms with van der Waals surface area (Å²) in [6.45, 7) is 0.452. The zero-order valence-electron chi connectivity index (χ0n) is 14.3. The maximum absolute atomic E-state index is 13.1. The van der Waals surface area contributed by atoms with Crippen molar-refractivity contribution in [2.24, 2.45) is 0 Å². The van der Waals surface area contributed by atoms with Gasteiger partial charge in [-0.25, -0.2) is 4.98 Å². The van der Waals surface area contributed by atoms with Gasteiger partial charge in [-0.3, -0.25) is 9.69 Å². The van der Waals surface area contributed by atoms with Crippen LogP contribution in [-0.2, 0) is 6.67 Å². The maximum Gasteiger partial charge on any atom is 0.269 e. The lowest BCUT2D eigenvalue weighted by Crippen LogP contribution is -2.35. The molecule has 2 aromatic carbocycles. The number of hydrogen-bond acceptors (Lipinski definition) is 3. The predicted octanol–water partition coefficient (Wildman–Crippen LogP) is 5.32. The normalized spacial score (nSPS) is 12.1. The fourth-order valence-electron chi connectivity index (χ4n) is 3.40. The number of amides is 1. The molecule has 6 heteroatoms. The highest BCUT2D eigenvalue weighted by atomic mass is 35.5. The van der Waals surface area contributed by atoms with Crippen LogP contribution in [0.5, 0.6) is 0 Å². The number of hydrogen-bond donors (Lipinski definition) is 0. The summed E-state index contributed by atoms with van der Waals surface area (Å²) >= 11 is 1.47. The van der Waals surface area contributed by atoms with E-state index in [1.807, 2.05) is 83.2 Å². The van der Waals surface area contributed by atoms with Crippen LogP contribution in [0.4, 0.5) is 5.69 Å². The van der Waals surface area contributed by atoms with Crippen molar-refractivity contribution in [3.8, 4) is 22.6 Å². The minimum absolute atomic E-state index is 0. The largest absolute Gasteiger partial charge is 0.305 e. The molecule has 4 nitrogen and oxygen atoms in total. The Labute approximate surface area is 167 Å². The second-order valence-corrected chi connectivity index (χ2v) is 7.08. The molecule has 0 N–H and O–H groups in total. The fraction of sp³-hybridized carbons (Fsp3) is 0.0476. The zero-order chi connectivity index (χ0) is 17.5. The summed E-state index contributed by atoms with van der Waals surface area (Å²) in [5, 5.41) is 1.93. The molecule has 3 heterocycles. The Bertz CT molecular complexity index is 1080. The molecule has 1 amide bonds. The van der Waals surface area contributed by atoms with Crippen molar-refractivity contribution in [2.45, 2.75) is 6.67 Å². The molecule has 0 fully saturated rings. The van der Waals surface area contributed by atoms with Gasteiger partial charge in [0.05, 0.1) is 22.5 Å². The molecule has 0 radical (unpaired) electrons. The van der Waals surface area contributed by atoms with Gasteiger partial charge in [-0.1, -0.05) is 54.6 Å². The summed E-state index contributed by atoms with van der Waals surface area (Å²) in [6.07, 6.45) is 1.90. The highest BCUT2D eigenvalue weighted by Crippen LogP contribution is 2.39. The monoisotopic (exact) mass is 393 g/mol. The average molecular weight is 394 g/mol. The van der Waals surface area contributed by atoms with Crippen LogP contribution in [0.15, 0.2) is 78.3 Å². The average Bonchev–Trinajstić information content (AvgIpc) is 3.37. The SMILES string of the molecule is Cl.O=C(c1cccs1)N1Cn2c(cnc2-c2ccccc2)-c2ccccc21. The summed E-state index contributed by atoms with van der Waals surface area (Å²) in [4.78, 5) is 20.3. The lowest BCUT2D eigenvalue weighted by molar-refractivity contribution is 0.0983. The Morgan fingerprint density at radius 2 is 1.74 bits per heavy atom. The van der Waals surface area contributed by atoms with Crippen molar-refractivity contribution in [1.82, 2.24) is 9.55 Å². The van der Waals surface area contributed by atoms with Gasteiger partial charge in [0.25, 0.3) is 5.91 Å². The first-order valence-electron chi connectivity index (χ1n) is 8.38. The van der Waals surface area contributed by atoms with Gasteiger partial charge in [-0.2, -0.15) is 0 Å². The van der Waals surface area contributed by atoms with Crippen molar-refractivity contribution >= 4 is 35.3 Å². The van der Waals surface area contributed by atoms with E-state index in [4.69, 9.17) is 0 Å². The Morgan fingerprint density at radius 3 is 2.52 bits per heavy atom. The van der Waals surface area contributed by atoms with E-state index in [1.54, 1.807) is 0 Å². The topological polar surface area (TPSA) is 38.1 Å². The smallest absolute Gasteiger partial charge is 0.269 e. The van der Waals surface area contributed by atoms with Gasteiger partial charge in [0.2, 0.25) is 0 Å². The Balaban J connectivity index is 0.00000180. The molecule has 0 atom stereocenters. The molecule has 1 aliphatic rings. The van der Waals surface area contributed by atoms with Crippen LogP contribution < -0.4 is 4.90 Å². The molecule has 0 saturated carbocycles. The van der Waals surface area contributed by atoms with Gasteiger partial charge in [-0.05, 0) is 17.5 Å². The molecule has 27 heavy (non-hydrogen) atoms. The summed E-state index contributed by atoms with van der Waals surface area (Å²) in [5.41, 5.74) is 4.03. The highest BCUT2D eigenvalue weighted by Gasteiger charge is 2.29. The number of benzene rings is 2. The van der Waals surface area contributed by atoms with Gasteiger partial charge < -0.3 is 4.57 Å². The lowest BCUT2D eigenvalue weighted by atomic mass is 10.1. The second-order valence-electron chi connectivity index (χ2n) is 6.13. The zero-order valence-corrected chi connectivity index (χ0v) is 15.9. The van der Waals surface area contributed by atoms with Crippen LogP contribution in [0.2, 0.25) is 0 Å². The molecule has 0 aliphatic carbocycles. The van der Waals surface area contributed by atoms with E-state index in [0.717, 1.165) is 33.2 Å². The first kappa shape index (κ1) is 17.5. The van der Waals surface area contributed by atoms with Gasteiger partial charge >= 0.3 is 0 Å². The predicted molar refractivity (Wildman–Crippen MR) is 111 cm³/mol. The maximum atomic E-state index is 13.1. The summed E-state index contributed by atoms with van der Waals surface area (Å²) in [5.74, 6) is 0.893. The van der Waals surface area contributed by atoms with Crippen LogP contribution in [0.3, 0.4) is 0 Å². The van der Waals surface area contributed by atoms with Crippen LogP contribution in [0, 0.1) is 0 Å². The van der Waals surface area contributed by atoms with E-state index in [-0.39, 0.29) is 18.3 Å². The van der Waals surface area contributed by atoms with Gasteiger partial charge in [0.1, 0.15) is 12.5 Å². The molecular formula is C21H16ClN3OS. The number of carbonyl (C=O) groups excluding carboxylic acids is 1. The van der Waals surface area contributed by atoms with E-state index in [2.05, 4.69) is 9.55 Å².